The molecule has 19 heavy (non-hydrogen) atoms. The van der Waals surface area contributed by atoms with Crippen molar-refractivity contribution in [3.63, 3.8) is 0 Å². The number of carboxylic acid groups (broad SMARTS) is 1. The summed E-state index contributed by atoms with van der Waals surface area (Å²) in [5.41, 5.74) is -0.692. The first kappa shape index (κ1) is 14.9. The Kier molecular flexibility index (Phi) is 4.47. The highest BCUT2D eigenvalue weighted by atomic mass is 19.4. The fraction of sp³-hybridized carbons (Fsp3) is 0.273. The average molecular weight is 279 g/mol. The zero-order chi connectivity index (χ0) is 14.6. The Morgan fingerprint density at radius 3 is 2.37 bits per heavy atom. The largest absolute Gasteiger partial charge is 0.478 e. The first-order valence-electron chi connectivity index (χ1n) is 5.08. The van der Waals surface area contributed by atoms with Gasteiger partial charge in [0.2, 0.25) is 5.91 Å². The molecule has 2 N–H and O–H groups in total. The van der Waals surface area contributed by atoms with Gasteiger partial charge < -0.3 is 10.4 Å². The minimum Gasteiger partial charge on any atom is -0.478 e. The van der Waals surface area contributed by atoms with Crippen molar-refractivity contribution in [1.82, 2.24) is 0 Å². The van der Waals surface area contributed by atoms with E-state index in [2.05, 4.69) is 0 Å². The van der Waals surface area contributed by atoms with Gasteiger partial charge in [0.25, 0.3) is 0 Å². The van der Waals surface area contributed by atoms with Crippen molar-refractivity contribution in [2.45, 2.75) is 19.0 Å². The third kappa shape index (κ3) is 4.94. The van der Waals surface area contributed by atoms with Crippen LogP contribution < -0.4 is 5.32 Å². The summed E-state index contributed by atoms with van der Waals surface area (Å²) in [5, 5.41) is 10.5. The molecule has 0 spiro atoms. The van der Waals surface area contributed by atoms with Crippen LogP contribution in [0, 0.1) is 5.82 Å². The summed E-state index contributed by atoms with van der Waals surface area (Å²) in [6, 6.07) is 2.68. The minimum atomic E-state index is -4.47. The number of hydrogen-bond acceptors (Lipinski definition) is 2. The number of rotatable bonds is 4. The lowest BCUT2D eigenvalue weighted by Gasteiger charge is -2.08. The van der Waals surface area contributed by atoms with Gasteiger partial charge in [0.15, 0.2) is 0 Å². The number of carboxylic acids is 1. The second-order valence-corrected chi connectivity index (χ2v) is 3.66. The Morgan fingerprint density at radius 2 is 1.89 bits per heavy atom. The number of benzene rings is 1. The van der Waals surface area contributed by atoms with Crippen LogP contribution in [0.3, 0.4) is 0 Å². The van der Waals surface area contributed by atoms with Gasteiger partial charge in [-0.1, -0.05) is 0 Å². The van der Waals surface area contributed by atoms with E-state index in [0.717, 1.165) is 12.1 Å². The van der Waals surface area contributed by atoms with Crippen LogP contribution in [0.1, 0.15) is 23.2 Å². The first-order chi connectivity index (χ1) is 8.69. The monoisotopic (exact) mass is 279 g/mol. The molecule has 4 nitrogen and oxygen atoms in total. The molecule has 0 aliphatic rings. The molecule has 0 aliphatic heterocycles. The van der Waals surface area contributed by atoms with Crippen LogP contribution in [0.5, 0.6) is 0 Å². The second-order valence-electron chi connectivity index (χ2n) is 3.66. The van der Waals surface area contributed by atoms with E-state index in [9.17, 15) is 27.2 Å². The number of nitrogens with one attached hydrogen (secondary N) is 1. The molecule has 0 saturated carbocycles. The van der Waals surface area contributed by atoms with Crippen LogP contribution in [-0.4, -0.2) is 23.2 Å². The Hall–Kier alpha value is -2.12. The molecule has 0 heterocycles. The molecule has 0 atom stereocenters. The number of aromatic carboxylic acids is 1. The highest BCUT2D eigenvalue weighted by Gasteiger charge is 2.28. The van der Waals surface area contributed by atoms with Crippen LogP contribution in [0.25, 0.3) is 0 Å². The molecule has 8 heteroatoms. The number of carbonyl (C=O) groups is 2. The average Bonchev–Trinajstić information content (AvgIpc) is 2.28. The van der Waals surface area contributed by atoms with Gasteiger partial charge in [-0.25, -0.2) is 9.18 Å². The summed E-state index contributed by atoms with van der Waals surface area (Å²) in [7, 11) is 0. The molecular formula is C11H9F4NO3. The molecule has 0 aromatic heterocycles. The quantitative estimate of drug-likeness (QED) is 0.833. The molecule has 0 unspecified atom stereocenters. The molecule has 0 saturated heterocycles. The summed E-state index contributed by atoms with van der Waals surface area (Å²) in [4.78, 5) is 21.7. The number of halogens is 4. The van der Waals surface area contributed by atoms with Gasteiger partial charge >= 0.3 is 12.1 Å². The van der Waals surface area contributed by atoms with Gasteiger partial charge in [-0.15, -0.1) is 0 Å². The Morgan fingerprint density at radius 1 is 1.26 bits per heavy atom. The van der Waals surface area contributed by atoms with Gasteiger partial charge in [0.05, 0.1) is 17.7 Å². The van der Waals surface area contributed by atoms with Crippen LogP contribution in [0.4, 0.5) is 23.2 Å². The summed E-state index contributed by atoms with van der Waals surface area (Å²) in [6.07, 6.45) is -6.61. The normalized spacial score (nSPS) is 11.2. The molecule has 1 aromatic rings. The molecule has 0 aliphatic carbocycles. The molecule has 0 fully saturated rings. The van der Waals surface area contributed by atoms with Crippen molar-refractivity contribution in [2.24, 2.45) is 0 Å². The highest BCUT2D eigenvalue weighted by molar-refractivity contribution is 5.92. The Labute approximate surface area is 105 Å². The molecule has 0 radical (unpaired) electrons. The molecule has 1 aromatic carbocycles. The van der Waals surface area contributed by atoms with Crippen molar-refractivity contribution < 1.29 is 32.3 Å². The van der Waals surface area contributed by atoms with E-state index < -0.39 is 36.7 Å². The van der Waals surface area contributed by atoms with Crippen molar-refractivity contribution >= 4 is 17.6 Å². The van der Waals surface area contributed by atoms with Crippen molar-refractivity contribution in [3.05, 3.63) is 29.6 Å². The number of carbonyl (C=O) groups excluding carboxylic acids is 1. The van der Waals surface area contributed by atoms with Gasteiger partial charge in [-0.3, -0.25) is 4.79 Å². The van der Waals surface area contributed by atoms with E-state index in [0.29, 0.717) is 6.07 Å². The number of amides is 1. The molecule has 0 bridgehead atoms. The standard InChI is InChI=1S/C11H9F4NO3/c12-7-5-6(10(18)19)1-2-8(7)16-9(17)3-4-11(13,14)15/h1-2,5H,3-4H2,(H,16,17)(H,18,19). The predicted octanol–water partition coefficient (Wildman–Crippen LogP) is 2.80. The van der Waals surface area contributed by atoms with Gasteiger partial charge in [-0.2, -0.15) is 13.2 Å². The van der Waals surface area contributed by atoms with Gasteiger partial charge in [-0.05, 0) is 18.2 Å². The fourth-order valence-electron chi connectivity index (χ4n) is 1.22. The zero-order valence-electron chi connectivity index (χ0n) is 9.42. The van der Waals surface area contributed by atoms with E-state index in [1.165, 1.54) is 0 Å². The molecule has 104 valence electrons. The van der Waals surface area contributed by atoms with E-state index in [4.69, 9.17) is 5.11 Å². The van der Waals surface area contributed by atoms with Gasteiger partial charge in [0.1, 0.15) is 5.82 Å². The van der Waals surface area contributed by atoms with Crippen LogP contribution >= 0.6 is 0 Å². The van der Waals surface area contributed by atoms with E-state index >= 15 is 0 Å². The SMILES string of the molecule is O=C(CCC(F)(F)F)Nc1ccc(C(=O)O)cc1F. The number of anilines is 1. The summed E-state index contributed by atoms with van der Waals surface area (Å²) >= 11 is 0. The number of hydrogen-bond donors (Lipinski definition) is 2. The maximum Gasteiger partial charge on any atom is 0.389 e. The number of alkyl halides is 3. The van der Waals surface area contributed by atoms with E-state index in [-0.39, 0.29) is 11.3 Å². The summed E-state index contributed by atoms with van der Waals surface area (Å²) in [6.45, 7) is 0. The minimum absolute atomic E-state index is 0.328. The Bertz CT molecular complexity index is 499. The maximum atomic E-state index is 13.3. The predicted molar refractivity (Wildman–Crippen MR) is 57.3 cm³/mol. The third-order valence-electron chi connectivity index (χ3n) is 2.13. The lowest BCUT2D eigenvalue weighted by atomic mass is 10.2. The highest BCUT2D eigenvalue weighted by Crippen LogP contribution is 2.22. The van der Waals surface area contributed by atoms with Crippen molar-refractivity contribution in [2.75, 3.05) is 5.32 Å². The van der Waals surface area contributed by atoms with Crippen molar-refractivity contribution in [3.8, 4) is 0 Å². The molecule has 1 rings (SSSR count). The topological polar surface area (TPSA) is 66.4 Å². The molecule has 1 amide bonds. The lowest BCUT2D eigenvalue weighted by molar-refractivity contribution is -0.142. The van der Waals surface area contributed by atoms with Crippen LogP contribution in [-0.2, 0) is 4.79 Å². The summed E-state index contributed by atoms with van der Waals surface area (Å²) in [5.74, 6) is -3.38. The van der Waals surface area contributed by atoms with E-state index in [1.54, 1.807) is 0 Å². The zero-order valence-corrected chi connectivity index (χ0v) is 9.42. The maximum absolute atomic E-state index is 13.3. The van der Waals surface area contributed by atoms with Crippen molar-refractivity contribution in [1.29, 1.82) is 0 Å². The van der Waals surface area contributed by atoms with Gasteiger partial charge in [0, 0.05) is 6.42 Å². The van der Waals surface area contributed by atoms with E-state index in [1.807, 2.05) is 5.32 Å². The fourth-order valence-corrected chi connectivity index (χ4v) is 1.22. The van der Waals surface area contributed by atoms with Crippen LogP contribution in [0.15, 0.2) is 18.2 Å². The van der Waals surface area contributed by atoms with Crippen LogP contribution in [0.2, 0.25) is 0 Å². The summed E-state index contributed by atoms with van der Waals surface area (Å²) < 4.78 is 48.9. The first-order valence-corrected chi connectivity index (χ1v) is 5.08. The Balaban J connectivity index is 2.67. The molecular weight excluding hydrogens is 270 g/mol. The second kappa shape index (κ2) is 5.68. The third-order valence-corrected chi connectivity index (χ3v) is 2.13. The smallest absolute Gasteiger partial charge is 0.389 e. The lowest BCUT2D eigenvalue weighted by Crippen LogP contribution is -2.17.